The molecule has 0 spiro atoms. The van der Waals surface area contributed by atoms with Gasteiger partial charge < -0.3 is 15.2 Å². The number of anilines is 1. The lowest BCUT2D eigenvalue weighted by Crippen LogP contribution is -2.36. The van der Waals surface area contributed by atoms with Crippen molar-refractivity contribution < 1.29 is 19.4 Å². The average molecular weight is 317 g/mol. The van der Waals surface area contributed by atoms with Crippen molar-refractivity contribution in [1.29, 1.82) is 0 Å². The van der Waals surface area contributed by atoms with E-state index in [0.717, 1.165) is 18.4 Å². The van der Waals surface area contributed by atoms with Crippen LogP contribution in [0.5, 0.6) is 5.75 Å². The van der Waals surface area contributed by atoms with Crippen molar-refractivity contribution in [2.75, 3.05) is 11.9 Å². The molecule has 5 heteroatoms. The molecule has 1 amide bonds. The standard InChI is InChI=1S/C18H23NO4/c1-12(2)11-23-16-10-6-5-9-15(16)19-17(20)13-7-3-4-8-14(13)18(21)22/h5-6,9-10,13-14H,1,3-4,7-8,11H2,2H3,(H,19,20)(H,21,22)/t13-,14+/m1/s1. The molecule has 23 heavy (non-hydrogen) atoms. The molecule has 124 valence electrons. The summed E-state index contributed by atoms with van der Waals surface area (Å²) in [5.74, 6) is -1.67. The maximum Gasteiger partial charge on any atom is 0.307 e. The van der Waals surface area contributed by atoms with Crippen LogP contribution in [0.25, 0.3) is 0 Å². The Labute approximate surface area is 136 Å². The molecule has 1 aliphatic rings. The van der Waals surface area contributed by atoms with E-state index < -0.39 is 17.8 Å². The maximum atomic E-state index is 12.5. The quantitative estimate of drug-likeness (QED) is 0.788. The van der Waals surface area contributed by atoms with Gasteiger partial charge >= 0.3 is 5.97 Å². The molecule has 1 saturated carbocycles. The number of carboxylic acids is 1. The van der Waals surface area contributed by atoms with Crippen molar-refractivity contribution >= 4 is 17.6 Å². The van der Waals surface area contributed by atoms with Crippen LogP contribution in [0.4, 0.5) is 5.69 Å². The predicted molar refractivity (Wildman–Crippen MR) is 88.5 cm³/mol. The number of hydrogen-bond acceptors (Lipinski definition) is 3. The fraction of sp³-hybridized carbons (Fsp3) is 0.444. The van der Waals surface area contributed by atoms with Crippen LogP contribution in [0.15, 0.2) is 36.4 Å². The summed E-state index contributed by atoms with van der Waals surface area (Å²) in [5, 5.41) is 12.1. The molecule has 1 fully saturated rings. The number of carboxylic acid groups (broad SMARTS) is 1. The summed E-state index contributed by atoms with van der Waals surface area (Å²) in [4.78, 5) is 23.9. The lowest BCUT2D eigenvalue weighted by molar-refractivity contribution is -0.147. The molecule has 0 unspecified atom stereocenters. The van der Waals surface area contributed by atoms with Crippen LogP contribution in [-0.2, 0) is 9.59 Å². The van der Waals surface area contributed by atoms with Crippen LogP contribution in [0.3, 0.4) is 0 Å². The minimum Gasteiger partial charge on any atom is -0.487 e. The first kappa shape index (κ1) is 17.1. The predicted octanol–water partition coefficient (Wildman–Crippen LogP) is 3.47. The number of benzene rings is 1. The van der Waals surface area contributed by atoms with Crippen molar-refractivity contribution in [3.63, 3.8) is 0 Å². The molecule has 0 heterocycles. The zero-order valence-electron chi connectivity index (χ0n) is 13.4. The summed E-state index contributed by atoms with van der Waals surface area (Å²) in [5.41, 5.74) is 1.44. The second-order valence-corrected chi connectivity index (χ2v) is 6.07. The maximum absolute atomic E-state index is 12.5. The normalized spacial score (nSPS) is 20.6. The number of hydrogen-bond donors (Lipinski definition) is 2. The van der Waals surface area contributed by atoms with Crippen molar-refractivity contribution in [2.24, 2.45) is 11.8 Å². The Balaban J connectivity index is 2.10. The van der Waals surface area contributed by atoms with Gasteiger partial charge in [0.1, 0.15) is 12.4 Å². The molecule has 2 rings (SSSR count). The molecular weight excluding hydrogens is 294 g/mol. The number of ether oxygens (including phenoxy) is 1. The molecule has 1 aliphatic carbocycles. The van der Waals surface area contributed by atoms with Crippen molar-refractivity contribution in [3.8, 4) is 5.75 Å². The van der Waals surface area contributed by atoms with Crippen molar-refractivity contribution in [3.05, 3.63) is 36.4 Å². The van der Waals surface area contributed by atoms with E-state index in [1.807, 2.05) is 13.0 Å². The van der Waals surface area contributed by atoms with Gasteiger partial charge in [0.25, 0.3) is 0 Å². The first-order chi connectivity index (χ1) is 11.0. The fourth-order valence-electron chi connectivity index (χ4n) is 2.86. The number of carbonyl (C=O) groups excluding carboxylic acids is 1. The largest absolute Gasteiger partial charge is 0.487 e. The summed E-state index contributed by atoms with van der Waals surface area (Å²) in [6.07, 6.45) is 2.91. The van der Waals surface area contributed by atoms with Crippen molar-refractivity contribution in [2.45, 2.75) is 32.6 Å². The van der Waals surface area contributed by atoms with Gasteiger partial charge in [0.2, 0.25) is 5.91 Å². The first-order valence-electron chi connectivity index (χ1n) is 7.89. The molecule has 1 aromatic rings. The highest BCUT2D eigenvalue weighted by Gasteiger charge is 2.35. The Bertz CT molecular complexity index is 596. The highest BCUT2D eigenvalue weighted by atomic mass is 16.5. The van der Waals surface area contributed by atoms with E-state index in [1.54, 1.807) is 18.2 Å². The molecule has 1 aromatic carbocycles. The summed E-state index contributed by atoms with van der Waals surface area (Å²) in [7, 11) is 0. The number of aliphatic carboxylic acids is 1. The van der Waals surface area contributed by atoms with Gasteiger partial charge in [-0.2, -0.15) is 0 Å². The summed E-state index contributed by atoms with van der Waals surface area (Å²) in [6.45, 7) is 6.02. The number of nitrogens with one attached hydrogen (secondary N) is 1. The zero-order chi connectivity index (χ0) is 16.8. The van der Waals surface area contributed by atoms with Crippen LogP contribution >= 0.6 is 0 Å². The van der Waals surface area contributed by atoms with E-state index in [0.29, 0.717) is 30.9 Å². The van der Waals surface area contributed by atoms with E-state index in [2.05, 4.69) is 11.9 Å². The third-order valence-corrected chi connectivity index (χ3v) is 4.04. The lowest BCUT2D eigenvalue weighted by atomic mass is 9.78. The minimum atomic E-state index is -0.892. The Hall–Kier alpha value is -2.30. The number of para-hydroxylation sites is 2. The van der Waals surface area contributed by atoms with Gasteiger partial charge in [0.15, 0.2) is 0 Å². The Morgan fingerprint density at radius 1 is 1.26 bits per heavy atom. The highest BCUT2D eigenvalue weighted by molar-refractivity contribution is 5.96. The van der Waals surface area contributed by atoms with Gasteiger partial charge in [-0.1, -0.05) is 31.6 Å². The van der Waals surface area contributed by atoms with Gasteiger partial charge in [0.05, 0.1) is 17.5 Å². The monoisotopic (exact) mass is 317 g/mol. The third-order valence-electron chi connectivity index (χ3n) is 4.04. The highest BCUT2D eigenvalue weighted by Crippen LogP contribution is 2.32. The molecule has 0 saturated heterocycles. The molecule has 0 aromatic heterocycles. The second-order valence-electron chi connectivity index (χ2n) is 6.07. The summed E-state index contributed by atoms with van der Waals surface area (Å²) in [6, 6.07) is 7.15. The van der Waals surface area contributed by atoms with E-state index in [9.17, 15) is 14.7 Å². The minimum absolute atomic E-state index is 0.247. The Kier molecular flexibility index (Phi) is 5.79. The van der Waals surface area contributed by atoms with Gasteiger partial charge in [0, 0.05) is 0 Å². The van der Waals surface area contributed by atoms with Crippen molar-refractivity contribution in [1.82, 2.24) is 0 Å². The van der Waals surface area contributed by atoms with Crippen LogP contribution in [-0.4, -0.2) is 23.6 Å². The van der Waals surface area contributed by atoms with Crippen LogP contribution in [0.1, 0.15) is 32.6 Å². The van der Waals surface area contributed by atoms with Gasteiger partial charge in [-0.15, -0.1) is 0 Å². The summed E-state index contributed by atoms with van der Waals surface area (Å²) < 4.78 is 5.63. The Morgan fingerprint density at radius 3 is 2.57 bits per heavy atom. The molecule has 2 atom stereocenters. The average Bonchev–Trinajstić information content (AvgIpc) is 2.53. The van der Waals surface area contributed by atoms with E-state index in [-0.39, 0.29) is 5.91 Å². The fourth-order valence-corrected chi connectivity index (χ4v) is 2.86. The smallest absolute Gasteiger partial charge is 0.307 e. The topological polar surface area (TPSA) is 75.6 Å². The molecule has 2 N–H and O–H groups in total. The molecule has 0 radical (unpaired) electrons. The second kappa shape index (κ2) is 7.81. The summed E-state index contributed by atoms with van der Waals surface area (Å²) >= 11 is 0. The van der Waals surface area contributed by atoms with Gasteiger partial charge in [-0.25, -0.2) is 0 Å². The van der Waals surface area contributed by atoms with Crippen LogP contribution in [0, 0.1) is 11.8 Å². The van der Waals surface area contributed by atoms with Gasteiger partial charge in [-0.05, 0) is 37.5 Å². The van der Waals surface area contributed by atoms with E-state index in [4.69, 9.17) is 4.74 Å². The zero-order valence-corrected chi connectivity index (χ0v) is 13.4. The molecule has 5 nitrogen and oxygen atoms in total. The SMILES string of the molecule is C=C(C)COc1ccccc1NC(=O)[C@@H]1CCCC[C@@H]1C(=O)O. The molecule has 0 aliphatic heterocycles. The first-order valence-corrected chi connectivity index (χ1v) is 7.89. The number of amides is 1. The molecular formula is C18H23NO4. The van der Waals surface area contributed by atoms with Gasteiger partial charge in [-0.3, -0.25) is 9.59 Å². The third kappa shape index (κ3) is 4.58. The van der Waals surface area contributed by atoms with E-state index >= 15 is 0 Å². The Morgan fingerprint density at radius 2 is 1.91 bits per heavy atom. The lowest BCUT2D eigenvalue weighted by Gasteiger charge is -2.27. The number of rotatable bonds is 6. The molecule has 0 bridgehead atoms. The van der Waals surface area contributed by atoms with E-state index in [1.165, 1.54) is 0 Å². The van der Waals surface area contributed by atoms with Crippen LogP contribution in [0.2, 0.25) is 0 Å². The number of carbonyl (C=O) groups is 2. The van der Waals surface area contributed by atoms with Crippen LogP contribution < -0.4 is 10.1 Å².